The fraction of sp³-hybridized carbons (Fsp3) is 0.273. The first kappa shape index (κ1) is 10.6. The Morgan fingerprint density at radius 1 is 1.38 bits per heavy atom. The zero-order chi connectivity index (χ0) is 11.5. The number of benzene rings is 1. The van der Waals surface area contributed by atoms with Crippen LogP contribution in [0.3, 0.4) is 0 Å². The number of rotatable bonds is 4. The van der Waals surface area contributed by atoms with Gasteiger partial charge in [0.1, 0.15) is 0 Å². The van der Waals surface area contributed by atoms with Crippen molar-refractivity contribution < 1.29 is 9.31 Å². The van der Waals surface area contributed by atoms with Crippen molar-refractivity contribution in [3.63, 3.8) is 0 Å². The highest BCUT2D eigenvalue weighted by atomic mass is 19.1. The number of alkyl halides is 1. The minimum Gasteiger partial charge on any atom is -0.347 e. The van der Waals surface area contributed by atoms with Gasteiger partial charge in [-0.25, -0.2) is 0 Å². The van der Waals surface area contributed by atoms with Crippen molar-refractivity contribution in [1.82, 2.24) is 4.57 Å². The molecule has 0 atom stereocenters. The van der Waals surface area contributed by atoms with Gasteiger partial charge in [-0.3, -0.25) is 14.5 Å². The molecule has 0 saturated carbocycles. The molecule has 5 heteroatoms. The number of halogens is 1. The quantitative estimate of drug-likeness (QED) is 0.589. The van der Waals surface area contributed by atoms with E-state index in [9.17, 15) is 14.5 Å². The van der Waals surface area contributed by atoms with Crippen LogP contribution in [0.15, 0.2) is 30.5 Å². The predicted molar refractivity (Wildman–Crippen MR) is 59.2 cm³/mol. The zero-order valence-corrected chi connectivity index (χ0v) is 8.60. The summed E-state index contributed by atoms with van der Waals surface area (Å²) in [5, 5.41) is 11.6. The molecule has 0 spiro atoms. The predicted octanol–water partition coefficient (Wildman–Crippen LogP) is 2.91. The standard InChI is InChI=1S/C11H11FN2O2/c12-5-1-6-13-7-4-9-2-3-10(14(15)16)8-11(9)13/h2-4,7-8H,1,5-6H2. The first-order chi connectivity index (χ1) is 7.72. The van der Waals surface area contributed by atoms with Crippen molar-refractivity contribution in [2.75, 3.05) is 6.67 Å². The highest BCUT2D eigenvalue weighted by Crippen LogP contribution is 2.22. The monoisotopic (exact) mass is 222 g/mol. The summed E-state index contributed by atoms with van der Waals surface area (Å²) in [7, 11) is 0. The molecule has 0 unspecified atom stereocenters. The number of nitro benzene ring substituents is 1. The summed E-state index contributed by atoms with van der Waals surface area (Å²) in [6.07, 6.45) is 2.25. The normalized spacial score (nSPS) is 10.8. The van der Waals surface area contributed by atoms with Gasteiger partial charge >= 0.3 is 0 Å². The number of aryl methyl sites for hydroxylation is 1. The van der Waals surface area contributed by atoms with E-state index in [0.717, 1.165) is 10.9 Å². The Hall–Kier alpha value is -1.91. The van der Waals surface area contributed by atoms with Crippen molar-refractivity contribution in [3.8, 4) is 0 Å². The third-order valence-corrected chi connectivity index (χ3v) is 2.50. The summed E-state index contributed by atoms with van der Waals surface area (Å²) in [4.78, 5) is 10.2. The zero-order valence-electron chi connectivity index (χ0n) is 8.60. The van der Waals surface area contributed by atoms with Crippen LogP contribution in [0.4, 0.5) is 10.1 Å². The summed E-state index contributed by atoms with van der Waals surface area (Å²) >= 11 is 0. The lowest BCUT2D eigenvalue weighted by Crippen LogP contribution is -1.97. The highest BCUT2D eigenvalue weighted by molar-refractivity contribution is 5.82. The molecule has 0 radical (unpaired) electrons. The lowest BCUT2D eigenvalue weighted by molar-refractivity contribution is -0.384. The van der Waals surface area contributed by atoms with Gasteiger partial charge in [0.2, 0.25) is 0 Å². The topological polar surface area (TPSA) is 48.1 Å². The van der Waals surface area contributed by atoms with E-state index in [1.807, 2.05) is 16.8 Å². The summed E-state index contributed by atoms with van der Waals surface area (Å²) in [5.74, 6) is 0. The fourth-order valence-electron chi connectivity index (χ4n) is 1.71. The maximum absolute atomic E-state index is 12.1. The summed E-state index contributed by atoms with van der Waals surface area (Å²) in [6.45, 7) is 0.162. The van der Waals surface area contributed by atoms with E-state index >= 15 is 0 Å². The maximum atomic E-state index is 12.1. The number of non-ortho nitro benzene ring substituents is 1. The Bertz CT molecular complexity index is 522. The van der Waals surface area contributed by atoms with E-state index in [1.165, 1.54) is 12.1 Å². The lowest BCUT2D eigenvalue weighted by atomic mass is 10.2. The second kappa shape index (κ2) is 4.30. The second-order valence-corrected chi connectivity index (χ2v) is 3.55. The molecule has 1 aromatic carbocycles. The Morgan fingerprint density at radius 3 is 2.88 bits per heavy atom. The largest absolute Gasteiger partial charge is 0.347 e. The molecule has 0 fully saturated rings. The maximum Gasteiger partial charge on any atom is 0.271 e. The molecule has 1 heterocycles. The molecule has 0 aliphatic carbocycles. The van der Waals surface area contributed by atoms with Gasteiger partial charge in [0.05, 0.1) is 17.1 Å². The molecule has 84 valence electrons. The molecule has 2 aromatic rings. The molecule has 0 aliphatic rings. The number of nitro groups is 1. The molecule has 0 aliphatic heterocycles. The van der Waals surface area contributed by atoms with Crippen LogP contribution >= 0.6 is 0 Å². The lowest BCUT2D eigenvalue weighted by Gasteiger charge is -2.02. The molecule has 0 saturated heterocycles. The van der Waals surface area contributed by atoms with Gasteiger partial charge < -0.3 is 4.57 Å². The summed E-state index contributed by atoms with van der Waals surface area (Å²) < 4.78 is 13.9. The minimum atomic E-state index is -0.425. The van der Waals surface area contributed by atoms with Crippen LogP contribution in [0.2, 0.25) is 0 Å². The van der Waals surface area contributed by atoms with Crippen molar-refractivity contribution in [2.45, 2.75) is 13.0 Å². The molecule has 4 nitrogen and oxygen atoms in total. The molecule has 0 amide bonds. The Labute approximate surface area is 91.4 Å². The van der Waals surface area contributed by atoms with Crippen molar-refractivity contribution in [3.05, 3.63) is 40.6 Å². The molecular formula is C11H11FN2O2. The van der Waals surface area contributed by atoms with E-state index in [-0.39, 0.29) is 12.4 Å². The van der Waals surface area contributed by atoms with Crippen LogP contribution in [-0.2, 0) is 6.54 Å². The number of fused-ring (bicyclic) bond motifs is 1. The number of aromatic nitrogens is 1. The van der Waals surface area contributed by atoms with Gasteiger partial charge in [-0.1, -0.05) is 0 Å². The molecule has 0 N–H and O–H groups in total. The van der Waals surface area contributed by atoms with Crippen LogP contribution in [0.1, 0.15) is 6.42 Å². The van der Waals surface area contributed by atoms with Crippen LogP contribution in [0.5, 0.6) is 0 Å². The third kappa shape index (κ3) is 1.88. The number of hydrogen-bond donors (Lipinski definition) is 0. The molecule has 0 bridgehead atoms. The van der Waals surface area contributed by atoms with Gasteiger partial charge in [0, 0.05) is 30.3 Å². The number of hydrogen-bond acceptors (Lipinski definition) is 2. The highest BCUT2D eigenvalue weighted by Gasteiger charge is 2.08. The Kier molecular flexibility index (Phi) is 2.85. The van der Waals surface area contributed by atoms with Crippen molar-refractivity contribution in [1.29, 1.82) is 0 Å². The van der Waals surface area contributed by atoms with E-state index in [2.05, 4.69) is 0 Å². The fourth-order valence-corrected chi connectivity index (χ4v) is 1.71. The van der Waals surface area contributed by atoms with Gasteiger partial charge in [0.15, 0.2) is 0 Å². The van der Waals surface area contributed by atoms with Crippen LogP contribution in [0, 0.1) is 10.1 Å². The van der Waals surface area contributed by atoms with E-state index in [1.54, 1.807) is 6.07 Å². The second-order valence-electron chi connectivity index (χ2n) is 3.55. The Morgan fingerprint density at radius 2 is 2.19 bits per heavy atom. The smallest absolute Gasteiger partial charge is 0.271 e. The molecule has 16 heavy (non-hydrogen) atoms. The Balaban J connectivity index is 2.43. The van der Waals surface area contributed by atoms with Gasteiger partial charge in [-0.05, 0) is 18.6 Å². The van der Waals surface area contributed by atoms with Crippen LogP contribution in [0.25, 0.3) is 10.9 Å². The molecule has 2 rings (SSSR count). The first-order valence-corrected chi connectivity index (χ1v) is 5.01. The average molecular weight is 222 g/mol. The van der Waals surface area contributed by atoms with Gasteiger partial charge in [0.25, 0.3) is 5.69 Å². The van der Waals surface area contributed by atoms with E-state index in [4.69, 9.17) is 0 Å². The van der Waals surface area contributed by atoms with Gasteiger partial charge in [-0.15, -0.1) is 0 Å². The minimum absolute atomic E-state index is 0.0627. The van der Waals surface area contributed by atoms with E-state index < -0.39 is 4.92 Å². The summed E-state index contributed by atoms with van der Waals surface area (Å²) in [6, 6.07) is 6.58. The van der Waals surface area contributed by atoms with E-state index in [0.29, 0.717) is 13.0 Å². The van der Waals surface area contributed by atoms with Crippen LogP contribution < -0.4 is 0 Å². The SMILES string of the molecule is O=[N+]([O-])c1ccc2ccn(CCCF)c2c1. The average Bonchev–Trinajstić information content (AvgIpc) is 2.68. The summed E-state index contributed by atoms with van der Waals surface area (Å²) in [5.41, 5.74) is 0.843. The van der Waals surface area contributed by atoms with Crippen LogP contribution in [-0.4, -0.2) is 16.2 Å². The molecule has 1 aromatic heterocycles. The van der Waals surface area contributed by atoms with Crippen molar-refractivity contribution in [2.24, 2.45) is 0 Å². The van der Waals surface area contributed by atoms with Gasteiger partial charge in [-0.2, -0.15) is 0 Å². The third-order valence-electron chi connectivity index (χ3n) is 2.50. The number of nitrogens with zero attached hydrogens (tertiary/aromatic N) is 2. The molecular weight excluding hydrogens is 211 g/mol. The van der Waals surface area contributed by atoms with Crippen molar-refractivity contribution >= 4 is 16.6 Å². The first-order valence-electron chi connectivity index (χ1n) is 5.01.